The van der Waals surface area contributed by atoms with Crippen molar-refractivity contribution in [1.29, 1.82) is 0 Å². The third-order valence-corrected chi connectivity index (χ3v) is 27.3. The van der Waals surface area contributed by atoms with Crippen molar-refractivity contribution in [3.8, 4) is 45.9 Å². The molecule has 682 valence electrons. The van der Waals surface area contributed by atoms with E-state index in [1.54, 1.807) is 118 Å². The van der Waals surface area contributed by atoms with Crippen LogP contribution in [-0.2, 0) is 38.1 Å². The maximum atomic E-state index is 14.0. The number of nitrogens with one attached hydrogen (secondary N) is 2. The summed E-state index contributed by atoms with van der Waals surface area (Å²) in [6, 6.07) is 6.42. The summed E-state index contributed by atoms with van der Waals surface area (Å²) in [4.78, 5) is 94.4. The lowest BCUT2D eigenvalue weighted by atomic mass is 9.77. The van der Waals surface area contributed by atoms with Crippen LogP contribution in [-0.4, -0.2) is 159 Å². The molecule has 0 spiro atoms. The third-order valence-electron chi connectivity index (χ3n) is 27.3. The van der Waals surface area contributed by atoms with Gasteiger partial charge in [-0.3, -0.25) is 28.8 Å². The summed E-state index contributed by atoms with van der Waals surface area (Å²) in [5.74, 6) is -12.0. The van der Waals surface area contributed by atoms with Gasteiger partial charge < -0.3 is 109 Å². The molecule has 12 N–H and O–H groups in total. The minimum atomic E-state index is -1.89. The van der Waals surface area contributed by atoms with Crippen molar-refractivity contribution in [2.75, 3.05) is 36.0 Å². The maximum Gasteiger partial charge on any atom is 0.307 e. The molecule has 14 aliphatic rings. The number of benzene rings is 4. The quantitative estimate of drug-likeness (QED) is 0.0732. The molecule has 2 saturated heterocycles. The Hall–Kier alpha value is -11.3. The van der Waals surface area contributed by atoms with E-state index in [1.165, 1.54) is 64.5 Å². The molecule has 2 aromatic carbocycles. The van der Waals surface area contributed by atoms with Gasteiger partial charge in [-0.1, -0.05) is 113 Å². The molecule has 2 fully saturated rings. The lowest BCUT2D eigenvalue weighted by Crippen LogP contribution is -2.45. The number of phenolic OH excluding ortho intramolecular Hbond substituents is 2. The fourth-order valence-electron chi connectivity index (χ4n) is 18.6. The molecule has 30 nitrogen and oxygen atoms in total. The number of rotatable bonds is 4. The largest absolute Gasteiger partial charge is 0.507 e. The van der Waals surface area contributed by atoms with E-state index in [0.717, 1.165) is 58.3 Å². The molecule has 0 saturated carbocycles. The monoisotopic (exact) mass is 1750 g/mol. The number of anilines is 2. The van der Waals surface area contributed by atoms with Crippen LogP contribution in [0.3, 0.4) is 0 Å². The zero-order valence-electron chi connectivity index (χ0n) is 75.4. The van der Waals surface area contributed by atoms with Gasteiger partial charge in [0.2, 0.25) is 10.9 Å². The first-order valence-electron chi connectivity index (χ1n) is 43.9. The van der Waals surface area contributed by atoms with Gasteiger partial charge in [-0.2, -0.15) is 0 Å². The molecule has 10 bridgehead atoms. The van der Waals surface area contributed by atoms with E-state index in [2.05, 4.69) is 27.4 Å². The standard InChI is InChI=1S/C49H61N3O12.C48H59N3O12/c1-22-14-17-52(18-15-22)31-20-32(54)37-33(21-31)63-46-38(50-37)34-35-42(57)29(8)45-36(34)47(59)49(10,64-45)61-19-16-23(2)26(5)44(62-30(9)53)28(7)41(56)27(6)40(55)24(3)12-11-13-25(4)48(60)51-39(46)43(35)58;1-22-16-19-60-48(9)46(58)35-33-34(41(56)28(7)44(35)63-48)42(57)38(45-37(33)49-36-31(53)20-30(21-32(36)62-45)51-17-11-10-12-18-51)50-47(59)24(3)15-13-14-23(2)39(54)26(5)40(55)27(6)43(25(22)4)61-29(8)52/h11-13,16,19-24,26-28,40-41,43-44,55-59H,14-15,17-18H2,1-10H3,(H,51,60);13-16,19-23,25-27,39-40,42-43,54-58H,10-12,17-18H2,1-9H3,(H,50,59)/b12-11+,19-16+,25-13-;14-13+,19-16+,24-15-/t23-,24-,26+,27+,28+,40-,41+,43?,44+,49-;22-,23-,25+,26+,27+,39-,40+,42?,43+,48-/m00/s1. The van der Waals surface area contributed by atoms with Crippen molar-refractivity contribution in [2.24, 2.45) is 65.1 Å². The summed E-state index contributed by atoms with van der Waals surface area (Å²) < 4.78 is 49.6. The number of hydrogen-bond acceptors (Lipinski definition) is 28. The Labute approximate surface area is 735 Å². The van der Waals surface area contributed by atoms with Crippen molar-refractivity contribution >= 4 is 58.0 Å². The van der Waals surface area contributed by atoms with Crippen LogP contribution in [0.1, 0.15) is 184 Å². The second-order valence-electron chi connectivity index (χ2n) is 36.4. The Bertz CT molecular complexity index is 6090. The molecular weight excluding hydrogens is 1630 g/mol. The van der Waals surface area contributed by atoms with Gasteiger partial charge in [0.1, 0.15) is 58.1 Å². The number of amides is 2. The number of aliphatic hydroxyl groups is 8. The SMILES string of the molecule is CC(=O)O[C@H]1[C@H](C)[C@H](O)[C@H](C)[C@@H](O)[C@@H](C)/C=C/C=C(/C)C(=O)NC2=c3oc4cc(N5CCC(C)CC5)cc(=O)c-4nc3=c3c(c(O)c(C)c4c3=C(O)[C@@](C)(O/C=C/[C@H](C)[C@H]1C)O4)C2O.CC(=O)O[C@H]1[C@H](C)[C@H](O)[C@H](C)[C@@H](O)[C@@H](C)/C=C/C=C(/C)C(=O)NC2=c3oc4cc(N5CCCCC5)cc(=O)c-4nc3=c3c(c(O)c(C)c4c3=C(O)[C@@](C)(O/C=C/[C@H](C)[C@H]1C)O4)C2O. The van der Waals surface area contributed by atoms with Crippen LogP contribution in [0.5, 0.6) is 23.0 Å². The van der Waals surface area contributed by atoms with Crippen LogP contribution in [0.2, 0.25) is 0 Å². The number of carbonyl (C=O) groups excluding carboxylic acids is 4. The fourth-order valence-corrected chi connectivity index (χ4v) is 18.6. The second-order valence-corrected chi connectivity index (χ2v) is 36.4. The number of aromatic nitrogens is 2. The molecule has 4 aliphatic carbocycles. The smallest absolute Gasteiger partial charge is 0.307 e. The number of esters is 2. The Morgan fingerprint density at radius 2 is 0.843 bits per heavy atom. The van der Waals surface area contributed by atoms with E-state index in [-0.39, 0.29) is 145 Å². The summed E-state index contributed by atoms with van der Waals surface area (Å²) in [6.45, 7) is 34.9. The number of carbonyl (C=O) groups is 4. The highest BCUT2D eigenvalue weighted by atomic mass is 16.7. The molecule has 20 atom stereocenters. The molecule has 127 heavy (non-hydrogen) atoms. The highest BCUT2D eigenvalue weighted by Crippen LogP contribution is 2.46. The third kappa shape index (κ3) is 17.7. The molecule has 2 aromatic rings. The fraction of sp³-hybridized carbons (Fsp3) is 0.505. The summed E-state index contributed by atoms with van der Waals surface area (Å²) in [6.07, 6.45) is 11.4. The summed E-state index contributed by atoms with van der Waals surface area (Å²) >= 11 is 0. The first-order valence-corrected chi connectivity index (χ1v) is 43.9. The van der Waals surface area contributed by atoms with E-state index in [1.807, 2.05) is 27.7 Å². The number of aromatic hydroxyl groups is 2. The molecule has 0 radical (unpaired) electrons. The van der Waals surface area contributed by atoms with Crippen molar-refractivity contribution in [3.63, 3.8) is 0 Å². The first kappa shape index (κ1) is 93.4. The predicted octanol–water partition coefficient (Wildman–Crippen LogP) is 8.96. The van der Waals surface area contributed by atoms with Gasteiger partial charge in [0.25, 0.3) is 11.8 Å². The second kappa shape index (κ2) is 36.8. The molecule has 2 amide bonds. The van der Waals surface area contributed by atoms with Gasteiger partial charge in [-0.25, -0.2) is 9.97 Å². The average Bonchev–Trinajstić information content (AvgIpc) is 1.62. The zero-order valence-corrected chi connectivity index (χ0v) is 75.4. The number of ether oxygens (including phenoxy) is 6. The van der Waals surface area contributed by atoms with Crippen LogP contribution in [0.25, 0.3) is 45.8 Å². The molecule has 30 heteroatoms. The van der Waals surface area contributed by atoms with Gasteiger partial charge in [0.15, 0.2) is 45.3 Å². The molecular formula is C97H120N6O24. The first-order chi connectivity index (χ1) is 59.9. The summed E-state index contributed by atoms with van der Waals surface area (Å²) in [5, 5.41) is 124. The van der Waals surface area contributed by atoms with Crippen molar-refractivity contribution in [3.05, 3.63) is 182 Å². The number of hydrogen-bond donors (Lipinski definition) is 12. The van der Waals surface area contributed by atoms with Crippen molar-refractivity contribution < 1.29 is 107 Å². The lowest BCUT2D eigenvalue weighted by molar-refractivity contribution is -0.159. The minimum absolute atomic E-state index is 0.0109. The number of piperidine rings is 2. The van der Waals surface area contributed by atoms with E-state index < -0.39 is 154 Å². The van der Waals surface area contributed by atoms with E-state index in [0.29, 0.717) is 17.3 Å². The molecule has 0 aromatic heterocycles. The number of allylic oxidation sites excluding steroid dienone is 6. The Morgan fingerprint density at radius 1 is 0.472 bits per heavy atom. The number of phenols is 2. The van der Waals surface area contributed by atoms with E-state index >= 15 is 0 Å². The van der Waals surface area contributed by atoms with Crippen LogP contribution < -0.4 is 62.0 Å². The summed E-state index contributed by atoms with van der Waals surface area (Å²) in [7, 11) is 0. The Morgan fingerprint density at radius 3 is 1.21 bits per heavy atom. The highest BCUT2D eigenvalue weighted by molar-refractivity contribution is 5.98. The maximum absolute atomic E-state index is 14.0. The van der Waals surface area contributed by atoms with Gasteiger partial charge in [0.05, 0.1) is 58.8 Å². The number of nitrogens with zero attached hydrogens (tertiary/aromatic N) is 4. The van der Waals surface area contributed by atoms with Crippen LogP contribution >= 0.6 is 0 Å². The Balaban J connectivity index is 0.000000217. The number of fused-ring (bicyclic) bond motifs is 28. The minimum Gasteiger partial charge on any atom is -0.507 e. The van der Waals surface area contributed by atoms with Crippen molar-refractivity contribution in [1.82, 2.24) is 20.6 Å². The number of aliphatic hydroxyl groups excluding tert-OH is 8. The molecule has 16 rings (SSSR count). The van der Waals surface area contributed by atoms with E-state index in [4.69, 9.17) is 47.2 Å². The van der Waals surface area contributed by atoms with Crippen LogP contribution in [0, 0.1) is 100 Å². The van der Waals surface area contributed by atoms with Gasteiger partial charge in [-0.15, -0.1) is 0 Å². The average molecular weight is 1750 g/mol. The Kier molecular flexibility index (Phi) is 27.1. The van der Waals surface area contributed by atoms with Crippen LogP contribution in [0.4, 0.5) is 11.4 Å². The normalized spacial score (nSPS) is 32.2. The van der Waals surface area contributed by atoms with Gasteiger partial charge >= 0.3 is 23.5 Å². The van der Waals surface area contributed by atoms with Gasteiger partial charge in [0, 0.05) is 169 Å². The highest BCUT2D eigenvalue weighted by Gasteiger charge is 2.48. The van der Waals surface area contributed by atoms with Crippen LogP contribution in [0.15, 0.2) is 115 Å². The van der Waals surface area contributed by atoms with Crippen molar-refractivity contribution in [2.45, 2.75) is 224 Å². The molecule has 10 heterocycles. The summed E-state index contributed by atoms with van der Waals surface area (Å²) in [5.41, 5.74) is 0.213. The predicted molar refractivity (Wildman–Crippen MR) is 471 cm³/mol. The molecule has 2 unspecified atom stereocenters. The zero-order chi connectivity index (χ0) is 92.5. The molecule has 10 aliphatic heterocycles. The van der Waals surface area contributed by atoms with Gasteiger partial charge in [-0.05, 0) is 102 Å². The topological polar surface area (TPSA) is 443 Å². The van der Waals surface area contributed by atoms with E-state index in [9.17, 15) is 79.8 Å². The lowest BCUT2D eigenvalue weighted by Gasteiger charge is -2.37.